The molecule has 3 aliphatic rings. The summed E-state index contributed by atoms with van der Waals surface area (Å²) in [5, 5.41) is 0.770. The van der Waals surface area contributed by atoms with Gasteiger partial charge in [-0.15, -0.1) is 0 Å². The third-order valence-corrected chi connectivity index (χ3v) is 5.54. The smallest absolute Gasteiger partial charge is 0.228 e. The first kappa shape index (κ1) is 15.4. The van der Waals surface area contributed by atoms with Crippen LogP contribution in [0.5, 0.6) is 0 Å². The fourth-order valence-electron chi connectivity index (χ4n) is 4.15. The van der Waals surface area contributed by atoms with Crippen LogP contribution in [0.25, 0.3) is 0 Å². The Bertz CT molecular complexity index is 571. The second-order valence-electron chi connectivity index (χ2n) is 6.99. The molecule has 0 aromatic heterocycles. The number of carbonyl (C=O) groups excluding carboxylic acids is 1. The van der Waals surface area contributed by atoms with Gasteiger partial charge in [0.15, 0.2) is 0 Å². The average Bonchev–Trinajstić information content (AvgIpc) is 3.17. The lowest BCUT2D eigenvalue weighted by Gasteiger charge is -2.33. The molecule has 4 nitrogen and oxygen atoms in total. The number of benzene rings is 1. The Morgan fingerprint density at radius 3 is 2.65 bits per heavy atom. The van der Waals surface area contributed by atoms with Gasteiger partial charge in [0.05, 0.1) is 18.1 Å². The van der Waals surface area contributed by atoms with E-state index in [9.17, 15) is 4.79 Å². The van der Waals surface area contributed by atoms with Gasteiger partial charge in [-0.1, -0.05) is 23.7 Å². The van der Waals surface area contributed by atoms with Crippen molar-refractivity contribution >= 4 is 17.5 Å². The van der Waals surface area contributed by atoms with Gasteiger partial charge in [-0.05, 0) is 37.0 Å². The Hall–Kier alpha value is -1.10. The number of hydrogen-bond acceptors (Lipinski definition) is 3. The van der Waals surface area contributed by atoms with Gasteiger partial charge in [-0.2, -0.15) is 0 Å². The number of ether oxygens (including phenoxy) is 1. The van der Waals surface area contributed by atoms with E-state index in [0.717, 1.165) is 57.0 Å². The van der Waals surface area contributed by atoms with E-state index in [0.29, 0.717) is 5.91 Å². The Labute approximate surface area is 142 Å². The number of nitrogens with zero attached hydrogens (tertiary/aromatic N) is 2. The minimum atomic E-state index is 0.0633. The molecule has 0 spiro atoms. The highest BCUT2D eigenvalue weighted by Gasteiger charge is 2.45. The molecule has 1 aromatic rings. The molecule has 23 heavy (non-hydrogen) atoms. The Morgan fingerprint density at radius 2 is 1.91 bits per heavy atom. The fraction of sp³-hybridized carbons (Fsp3) is 0.611. The molecule has 3 fully saturated rings. The van der Waals surface area contributed by atoms with Crippen LogP contribution in [0.3, 0.4) is 0 Å². The number of rotatable bonds is 3. The lowest BCUT2D eigenvalue weighted by atomic mass is 9.99. The molecule has 2 bridgehead atoms. The van der Waals surface area contributed by atoms with Crippen molar-refractivity contribution in [2.75, 3.05) is 26.2 Å². The van der Waals surface area contributed by atoms with Crippen molar-refractivity contribution in [1.29, 1.82) is 0 Å². The summed E-state index contributed by atoms with van der Waals surface area (Å²) in [5.74, 6) is 0.386. The quantitative estimate of drug-likeness (QED) is 0.851. The van der Waals surface area contributed by atoms with Crippen molar-refractivity contribution < 1.29 is 9.53 Å². The third kappa shape index (κ3) is 3.25. The van der Waals surface area contributed by atoms with Crippen molar-refractivity contribution in [3.8, 4) is 0 Å². The Morgan fingerprint density at radius 1 is 1.17 bits per heavy atom. The van der Waals surface area contributed by atoms with Gasteiger partial charge < -0.3 is 9.64 Å². The van der Waals surface area contributed by atoms with Crippen LogP contribution in [0.4, 0.5) is 0 Å². The van der Waals surface area contributed by atoms with Crippen LogP contribution >= 0.6 is 11.6 Å². The molecule has 1 aromatic carbocycles. The zero-order chi connectivity index (χ0) is 15.8. The number of morpholine rings is 1. The van der Waals surface area contributed by atoms with E-state index in [-0.39, 0.29) is 18.1 Å². The molecular formula is C18H23ClN2O2. The zero-order valence-electron chi connectivity index (χ0n) is 13.3. The fourth-order valence-corrected chi connectivity index (χ4v) is 4.27. The lowest BCUT2D eigenvalue weighted by molar-refractivity contribution is -0.137. The zero-order valence-corrected chi connectivity index (χ0v) is 14.0. The molecule has 1 amide bonds. The maximum atomic E-state index is 12.7. The maximum Gasteiger partial charge on any atom is 0.228 e. The highest BCUT2D eigenvalue weighted by atomic mass is 35.5. The number of halogens is 1. The molecule has 0 N–H and O–H groups in total. The number of carbonyl (C=O) groups is 1. The molecule has 5 heteroatoms. The summed E-state index contributed by atoms with van der Waals surface area (Å²) in [6.07, 6.45) is 3.45. The van der Waals surface area contributed by atoms with Gasteiger partial charge in [-0.25, -0.2) is 0 Å². The first-order valence-electron chi connectivity index (χ1n) is 8.60. The Balaban J connectivity index is 1.39. The third-order valence-electron chi connectivity index (χ3n) is 5.29. The SMILES string of the molecule is O=C([C@H]1C[C@H]2CN(Cc3ccc(Cl)cc3)C[C@H]1O2)N1CCCC1. The first-order chi connectivity index (χ1) is 11.2. The number of fused-ring (bicyclic) bond motifs is 2. The van der Waals surface area contributed by atoms with Gasteiger partial charge in [0.2, 0.25) is 5.91 Å². The largest absolute Gasteiger partial charge is 0.371 e. The van der Waals surface area contributed by atoms with Crippen LogP contribution in [0.2, 0.25) is 5.02 Å². The summed E-state index contributed by atoms with van der Waals surface area (Å²) in [7, 11) is 0. The lowest BCUT2D eigenvalue weighted by Crippen LogP contribution is -2.45. The predicted octanol–water partition coefficient (Wildman–Crippen LogP) is 2.55. The molecule has 3 aliphatic heterocycles. The summed E-state index contributed by atoms with van der Waals surface area (Å²) in [5.41, 5.74) is 1.26. The summed E-state index contributed by atoms with van der Waals surface area (Å²) in [6.45, 7) is 4.53. The number of likely N-dealkylation sites (tertiary alicyclic amines) is 2. The van der Waals surface area contributed by atoms with E-state index in [1.54, 1.807) is 0 Å². The second-order valence-corrected chi connectivity index (χ2v) is 7.43. The summed E-state index contributed by atoms with van der Waals surface area (Å²) in [6, 6.07) is 8.02. The van der Waals surface area contributed by atoms with Crippen LogP contribution < -0.4 is 0 Å². The van der Waals surface area contributed by atoms with E-state index in [4.69, 9.17) is 16.3 Å². The van der Waals surface area contributed by atoms with Crippen LogP contribution in [-0.4, -0.2) is 54.1 Å². The van der Waals surface area contributed by atoms with Gasteiger partial charge in [0.25, 0.3) is 0 Å². The van der Waals surface area contributed by atoms with E-state index in [2.05, 4.69) is 17.0 Å². The van der Waals surface area contributed by atoms with Crippen molar-refractivity contribution in [1.82, 2.24) is 9.80 Å². The average molecular weight is 335 g/mol. The maximum absolute atomic E-state index is 12.7. The summed E-state index contributed by atoms with van der Waals surface area (Å²) < 4.78 is 6.07. The molecule has 4 rings (SSSR count). The van der Waals surface area contributed by atoms with Crippen molar-refractivity contribution in [3.05, 3.63) is 34.9 Å². The highest BCUT2D eigenvalue weighted by Crippen LogP contribution is 2.34. The second kappa shape index (κ2) is 6.42. The van der Waals surface area contributed by atoms with E-state index in [1.165, 1.54) is 5.56 Å². The van der Waals surface area contributed by atoms with Crippen LogP contribution in [0.15, 0.2) is 24.3 Å². The molecular weight excluding hydrogens is 312 g/mol. The van der Waals surface area contributed by atoms with Crippen molar-refractivity contribution in [3.63, 3.8) is 0 Å². The molecule has 3 saturated heterocycles. The first-order valence-corrected chi connectivity index (χ1v) is 8.98. The van der Waals surface area contributed by atoms with Crippen molar-refractivity contribution in [2.24, 2.45) is 5.92 Å². The summed E-state index contributed by atoms with van der Waals surface area (Å²) in [4.78, 5) is 17.2. The van der Waals surface area contributed by atoms with E-state index >= 15 is 0 Å². The molecule has 3 heterocycles. The Kier molecular flexibility index (Phi) is 4.31. The van der Waals surface area contributed by atoms with Gasteiger partial charge >= 0.3 is 0 Å². The number of hydrogen-bond donors (Lipinski definition) is 0. The van der Waals surface area contributed by atoms with Crippen LogP contribution in [-0.2, 0) is 16.1 Å². The van der Waals surface area contributed by atoms with Gasteiger partial charge in [-0.3, -0.25) is 9.69 Å². The molecule has 0 aliphatic carbocycles. The molecule has 0 unspecified atom stereocenters. The predicted molar refractivity (Wildman–Crippen MR) is 89.3 cm³/mol. The highest BCUT2D eigenvalue weighted by molar-refractivity contribution is 6.30. The van der Waals surface area contributed by atoms with Crippen LogP contribution in [0, 0.1) is 5.92 Å². The topological polar surface area (TPSA) is 32.8 Å². The normalized spacial score (nSPS) is 30.8. The standard InChI is InChI=1S/C18H23ClN2O2/c19-14-5-3-13(4-6-14)10-20-11-15-9-16(17(12-20)23-15)18(22)21-7-1-2-8-21/h3-6,15-17H,1-2,7-12H2/t15-,16-,17+/m0/s1. The minimum Gasteiger partial charge on any atom is -0.371 e. The van der Waals surface area contributed by atoms with Crippen molar-refractivity contribution in [2.45, 2.75) is 38.0 Å². The van der Waals surface area contributed by atoms with Crippen LogP contribution in [0.1, 0.15) is 24.8 Å². The monoisotopic (exact) mass is 334 g/mol. The molecule has 0 saturated carbocycles. The minimum absolute atomic E-state index is 0.0633. The van der Waals surface area contributed by atoms with Gasteiger partial charge in [0, 0.05) is 37.7 Å². The number of amides is 1. The van der Waals surface area contributed by atoms with E-state index < -0.39 is 0 Å². The molecule has 0 radical (unpaired) electrons. The van der Waals surface area contributed by atoms with E-state index in [1.807, 2.05) is 17.0 Å². The summed E-state index contributed by atoms with van der Waals surface area (Å²) >= 11 is 5.95. The van der Waals surface area contributed by atoms with Gasteiger partial charge in [0.1, 0.15) is 0 Å². The molecule has 3 atom stereocenters. The molecule has 124 valence electrons.